The van der Waals surface area contributed by atoms with Crippen molar-refractivity contribution in [1.82, 2.24) is 0 Å². The van der Waals surface area contributed by atoms with Crippen LogP contribution in [0.1, 0.15) is 11.1 Å². The standard InChI is InChI=1S/C10H8Cl5/c1-2-7-4-3-5-8(6-7)9(11,12)10(13,14)15/h3-6H,1-2H2. The Bertz CT molecular complexity index is 340. The molecule has 0 N–H and O–H groups in total. The molecule has 0 heterocycles. The Morgan fingerprint density at radius 3 is 2.13 bits per heavy atom. The zero-order chi connectivity index (χ0) is 11.7. The molecule has 1 aromatic rings. The maximum absolute atomic E-state index is 6.02. The van der Waals surface area contributed by atoms with Crippen molar-refractivity contribution in [3.05, 3.63) is 42.3 Å². The van der Waals surface area contributed by atoms with Crippen molar-refractivity contribution >= 4 is 58.0 Å². The molecule has 0 aliphatic rings. The van der Waals surface area contributed by atoms with E-state index in [9.17, 15) is 0 Å². The summed E-state index contributed by atoms with van der Waals surface area (Å²) in [7, 11) is 0. The molecule has 0 amide bonds. The minimum atomic E-state index is -1.78. The Morgan fingerprint density at radius 1 is 1.07 bits per heavy atom. The molecule has 1 radical (unpaired) electrons. The summed E-state index contributed by atoms with van der Waals surface area (Å²) in [4.78, 5) is 0. The maximum Gasteiger partial charge on any atom is 0.227 e. The topological polar surface area (TPSA) is 0 Å². The molecule has 0 atom stereocenters. The van der Waals surface area contributed by atoms with E-state index >= 15 is 0 Å². The van der Waals surface area contributed by atoms with Gasteiger partial charge in [0.05, 0.1) is 0 Å². The van der Waals surface area contributed by atoms with Crippen LogP contribution in [0, 0.1) is 6.92 Å². The average Bonchev–Trinajstić information content (AvgIpc) is 2.16. The van der Waals surface area contributed by atoms with E-state index in [2.05, 4.69) is 6.92 Å². The third-order valence-electron chi connectivity index (χ3n) is 1.93. The molecule has 0 unspecified atom stereocenters. The predicted octanol–water partition coefficient (Wildman–Crippen LogP) is 5.06. The molecule has 83 valence electrons. The molecule has 1 rings (SSSR count). The highest BCUT2D eigenvalue weighted by molar-refractivity contribution is 6.75. The largest absolute Gasteiger partial charge is 0.227 e. The minimum absolute atomic E-state index is 0.548. The van der Waals surface area contributed by atoms with Gasteiger partial charge in [0.1, 0.15) is 0 Å². The van der Waals surface area contributed by atoms with Gasteiger partial charge in [-0.05, 0) is 24.5 Å². The van der Waals surface area contributed by atoms with Gasteiger partial charge >= 0.3 is 0 Å². The Hall–Kier alpha value is 0.670. The molecule has 0 fully saturated rings. The second-order valence-corrected chi connectivity index (χ2v) is 6.63. The van der Waals surface area contributed by atoms with Crippen LogP contribution in [0.15, 0.2) is 24.3 Å². The Balaban J connectivity index is 3.15. The van der Waals surface area contributed by atoms with Crippen LogP contribution in [0.25, 0.3) is 0 Å². The molecular formula is C10H8Cl5. The van der Waals surface area contributed by atoms with E-state index < -0.39 is 8.13 Å². The quantitative estimate of drug-likeness (QED) is 0.670. The lowest BCUT2D eigenvalue weighted by Gasteiger charge is -2.28. The second-order valence-electron chi connectivity index (χ2n) is 3.02. The van der Waals surface area contributed by atoms with Crippen LogP contribution >= 0.6 is 58.0 Å². The van der Waals surface area contributed by atoms with Gasteiger partial charge in [0.2, 0.25) is 3.79 Å². The van der Waals surface area contributed by atoms with Gasteiger partial charge in [-0.25, -0.2) is 0 Å². The van der Waals surface area contributed by atoms with Gasteiger partial charge in [-0.1, -0.05) is 82.3 Å². The Morgan fingerprint density at radius 2 is 1.67 bits per heavy atom. The van der Waals surface area contributed by atoms with Crippen molar-refractivity contribution < 1.29 is 0 Å². The number of hydrogen-bond donors (Lipinski definition) is 0. The summed E-state index contributed by atoms with van der Waals surface area (Å²) in [5.74, 6) is 0. The minimum Gasteiger partial charge on any atom is -0.0915 e. The molecule has 15 heavy (non-hydrogen) atoms. The van der Waals surface area contributed by atoms with Gasteiger partial charge in [0, 0.05) is 0 Å². The summed E-state index contributed by atoms with van der Waals surface area (Å²) in [6, 6.07) is 7.18. The normalized spacial score (nSPS) is 12.9. The van der Waals surface area contributed by atoms with Crippen LogP contribution in [-0.4, -0.2) is 3.79 Å². The summed E-state index contributed by atoms with van der Waals surface area (Å²) in [6.45, 7) is 3.76. The molecule has 0 spiro atoms. The number of benzene rings is 1. The third kappa shape index (κ3) is 3.08. The lowest BCUT2D eigenvalue weighted by atomic mass is 10.1. The van der Waals surface area contributed by atoms with Crippen LogP contribution in [0.2, 0.25) is 0 Å². The van der Waals surface area contributed by atoms with E-state index in [1.165, 1.54) is 0 Å². The van der Waals surface area contributed by atoms with Crippen molar-refractivity contribution in [1.29, 1.82) is 0 Å². The lowest BCUT2D eigenvalue weighted by molar-refractivity contribution is 0.875. The lowest BCUT2D eigenvalue weighted by Crippen LogP contribution is -2.28. The van der Waals surface area contributed by atoms with E-state index in [4.69, 9.17) is 58.0 Å². The number of hydrogen-bond acceptors (Lipinski definition) is 0. The molecule has 0 aliphatic heterocycles. The first kappa shape index (κ1) is 13.7. The Kier molecular flexibility index (Phi) is 4.48. The van der Waals surface area contributed by atoms with Gasteiger partial charge in [-0.3, -0.25) is 0 Å². The van der Waals surface area contributed by atoms with Gasteiger partial charge in [0.15, 0.2) is 4.33 Å². The van der Waals surface area contributed by atoms with Crippen molar-refractivity contribution in [2.75, 3.05) is 0 Å². The molecular weight excluding hydrogens is 297 g/mol. The van der Waals surface area contributed by atoms with E-state index in [-0.39, 0.29) is 0 Å². The fraction of sp³-hybridized carbons (Fsp3) is 0.300. The smallest absolute Gasteiger partial charge is 0.0915 e. The molecule has 0 nitrogen and oxygen atoms in total. The number of alkyl halides is 5. The van der Waals surface area contributed by atoms with E-state index in [0.29, 0.717) is 12.0 Å². The second kappa shape index (κ2) is 4.89. The van der Waals surface area contributed by atoms with Crippen molar-refractivity contribution in [3.63, 3.8) is 0 Å². The predicted molar refractivity (Wildman–Crippen MR) is 69.2 cm³/mol. The fourth-order valence-corrected chi connectivity index (χ4v) is 1.65. The molecule has 0 aromatic heterocycles. The highest BCUT2D eigenvalue weighted by atomic mass is 35.6. The molecule has 0 saturated carbocycles. The van der Waals surface area contributed by atoms with Gasteiger partial charge in [0.25, 0.3) is 0 Å². The zero-order valence-electron chi connectivity index (χ0n) is 7.61. The van der Waals surface area contributed by atoms with E-state index in [1.807, 2.05) is 6.07 Å². The maximum atomic E-state index is 6.02. The summed E-state index contributed by atoms with van der Waals surface area (Å²) in [6.07, 6.45) is 0.623. The number of rotatable bonds is 2. The SMILES string of the molecule is [CH2]Cc1cccc(C(Cl)(Cl)C(Cl)(Cl)Cl)c1. The zero-order valence-corrected chi connectivity index (χ0v) is 11.4. The first-order chi connectivity index (χ1) is 6.79. The van der Waals surface area contributed by atoms with Crippen molar-refractivity contribution in [3.8, 4) is 0 Å². The highest BCUT2D eigenvalue weighted by Crippen LogP contribution is 2.52. The molecule has 1 aromatic carbocycles. The van der Waals surface area contributed by atoms with Gasteiger partial charge < -0.3 is 0 Å². The monoisotopic (exact) mass is 303 g/mol. The highest BCUT2D eigenvalue weighted by Gasteiger charge is 2.47. The molecule has 0 saturated heterocycles. The van der Waals surface area contributed by atoms with E-state index in [0.717, 1.165) is 5.56 Å². The van der Waals surface area contributed by atoms with Crippen LogP contribution in [0.5, 0.6) is 0 Å². The van der Waals surface area contributed by atoms with Crippen LogP contribution in [-0.2, 0) is 10.8 Å². The Labute approximate surface area is 114 Å². The average molecular weight is 305 g/mol. The van der Waals surface area contributed by atoms with Crippen LogP contribution in [0.4, 0.5) is 0 Å². The summed E-state index contributed by atoms with van der Waals surface area (Å²) < 4.78 is -3.35. The first-order valence-electron chi connectivity index (χ1n) is 4.12. The van der Waals surface area contributed by atoms with Crippen LogP contribution in [0.3, 0.4) is 0 Å². The third-order valence-corrected chi connectivity index (χ3v) is 4.37. The molecule has 0 bridgehead atoms. The molecule has 0 aliphatic carbocycles. The summed E-state index contributed by atoms with van der Waals surface area (Å²) in [5, 5.41) is 0. The van der Waals surface area contributed by atoms with Crippen molar-refractivity contribution in [2.24, 2.45) is 0 Å². The summed E-state index contributed by atoms with van der Waals surface area (Å²) in [5.41, 5.74) is 1.53. The van der Waals surface area contributed by atoms with Gasteiger partial charge in [-0.15, -0.1) is 0 Å². The van der Waals surface area contributed by atoms with Crippen LogP contribution < -0.4 is 0 Å². The fourth-order valence-electron chi connectivity index (χ4n) is 1.09. The number of halogens is 5. The molecule has 5 heteroatoms. The summed E-state index contributed by atoms with van der Waals surface area (Å²) >= 11 is 29.2. The van der Waals surface area contributed by atoms with E-state index in [1.54, 1.807) is 18.2 Å². The van der Waals surface area contributed by atoms with Crippen molar-refractivity contribution in [2.45, 2.75) is 14.5 Å². The van der Waals surface area contributed by atoms with Gasteiger partial charge in [-0.2, -0.15) is 0 Å². The first-order valence-corrected chi connectivity index (χ1v) is 6.01.